The molecule has 0 aromatic carbocycles. The Morgan fingerprint density at radius 3 is 2.40 bits per heavy atom. The van der Waals surface area contributed by atoms with E-state index in [0.717, 1.165) is 12.0 Å². The number of likely N-dealkylation sites (tertiary alicyclic amines) is 2. The van der Waals surface area contributed by atoms with Crippen molar-refractivity contribution in [3.05, 3.63) is 0 Å². The van der Waals surface area contributed by atoms with E-state index in [1.807, 2.05) is 0 Å². The number of nitrogens with two attached hydrogens (primary N) is 1. The predicted molar refractivity (Wildman–Crippen MR) is 63.6 cm³/mol. The van der Waals surface area contributed by atoms with E-state index in [4.69, 9.17) is 5.73 Å². The predicted octanol–water partition coefficient (Wildman–Crippen LogP) is 1.10. The molecule has 0 bridgehead atoms. The summed E-state index contributed by atoms with van der Waals surface area (Å²) in [6.07, 6.45) is 2.96. The molecule has 0 radical (unpaired) electrons. The van der Waals surface area contributed by atoms with Gasteiger partial charge < -0.3 is 5.73 Å². The molecule has 15 heavy (non-hydrogen) atoms. The van der Waals surface area contributed by atoms with Crippen LogP contribution in [-0.4, -0.2) is 47.7 Å². The van der Waals surface area contributed by atoms with Gasteiger partial charge in [0, 0.05) is 25.2 Å². The Kier molecular flexibility index (Phi) is 3.33. The number of hydrogen-bond donors (Lipinski definition) is 1. The molecular formula is C12H25N3. The van der Waals surface area contributed by atoms with Gasteiger partial charge in [-0.15, -0.1) is 0 Å². The van der Waals surface area contributed by atoms with Gasteiger partial charge in [0.1, 0.15) is 0 Å². The first-order chi connectivity index (χ1) is 7.09. The van der Waals surface area contributed by atoms with Crippen molar-refractivity contribution in [1.82, 2.24) is 9.80 Å². The molecule has 0 saturated carbocycles. The van der Waals surface area contributed by atoms with Gasteiger partial charge in [0.05, 0.1) is 6.17 Å². The zero-order valence-corrected chi connectivity index (χ0v) is 10.3. The van der Waals surface area contributed by atoms with Crippen molar-refractivity contribution in [2.75, 3.05) is 19.6 Å². The lowest BCUT2D eigenvalue weighted by Crippen LogP contribution is -2.53. The van der Waals surface area contributed by atoms with Crippen molar-refractivity contribution in [2.45, 2.75) is 51.9 Å². The molecule has 88 valence electrons. The number of hydrogen-bond acceptors (Lipinski definition) is 3. The van der Waals surface area contributed by atoms with Crippen molar-refractivity contribution in [2.24, 2.45) is 11.7 Å². The maximum atomic E-state index is 6.03. The summed E-state index contributed by atoms with van der Waals surface area (Å²) in [5.41, 5.74) is 6.03. The van der Waals surface area contributed by atoms with E-state index < -0.39 is 0 Å². The molecule has 2 aliphatic heterocycles. The average Bonchev–Trinajstić information content (AvgIpc) is 2.59. The Hall–Kier alpha value is -0.120. The molecule has 2 heterocycles. The van der Waals surface area contributed by atoms with Gasteiger partial charge in [-0.1, -0.05) is 0 Å². The fourth-order valence-corrected chi connectivity index (χ4v) is 3.17. The highest BCUT2D eigenvalue weighted by molar-refractivity contribution is 4.94. The van der Waals surface area contributed by atoms with Gasteiger partial charge in [0.2, 0.25) is 0 Å². The Balaban J connectivity index is 2.01. The summed E-state index contributed by atoms with van der Waals surface area (Å²) < 4.78 is 0. The van der Waals surface area contributed by atoms with Crippen LogP contribution in [0.3, 0.4) is 0 Å². The van der Waals surface area contributed by atoms with Gasteiger partial charge in [-0.05, 0) is 46.1 Å². The fraction of sp³-hybridized carbons (Fsp3) is 1.00. The molecule has 0 amide bonds. The highest BCUT2D eigenvalue weighted by Crippen LogP contribution is 2.32. The minimum absolute atomic E-state index is 0.229. The molecule has 0 aromatic heterocycles. The quantitative estimate of drug-likeness (QED) is 0.742. The van der Waals surface area contributed by atoms with Gasteiger partial charge in [-0.25, -0.2) is 0 Å². The lowest BCUT2D eigenvalue weighted by Gasteiger charge is -2.41. The highest BCUT2D eigenvalue weighted by Gasteiger charge is 2.39. The van der Waals surface area contributed by atoms with Crippen LogP contribution in [0.25, 0.3) is 0 Å². The van der Waals surface area contributed by atoms with Crippen LogP contribution < -0.4 is 5.73 Å². The summed E-state index contributed by atoms with van der Waals surface area (Å²) in [6, 6.07) is 1.41. The van der Waals surface area contributed by atoms with Crippen LogP contribution >= 0.6 is 0 Å². The lowest BCUT2D eigenvalue weighted by molar-refractivity contribution is 0.0678. The zero-order valence-electron chi connectivity index (χ0n) is 10.3. The van der Waals surface area contributed by atoms with Crippen molar-refractivity contribution in [3.8, 4) is 0 Å². The smallest absolute Gasteiger partial charge is 0.0546 e. The maximum Gasteiger partial charge on any atom is 0.0546 e. The Morgan fingerprint density at radius 2 is 1.80 bits per heavy atom. The van der Waals surface area contributed by atoms with Gasteiger partial charge >= 0.3 is 0 Å². The maximum absolute atomic E-state index is 6.03. The molecule has 2 fully saturated rings. The molecule has 0 aliphatic carbocycles. The molecule has 2 saturated heterocycles. The van der Waals surface area contributed by atoms with Crippen LogP contribution in [0.2, 0.25) is 0 Å². The first-order valence-electron chi connectivity index (χ1n) is 6.35. The largest absolute Gasteiger partial charge is 0.316 e. The van der Waals surface area contributed by atoms with Crippen molar-refractivity contribution >= 4 is 0 Å². The zero-order chi connectivity index (χ0) is 11.0. The van der Waals surface area contributed by atoms with Crippen molar-refractivity contribution < 1.29 is 0 Å². The van der Waals surface area contributed by atoms with Crippen molar-refractivity contribution in [3.63, 3.8) is 0 Å². The Morgan fingerprint density at radius 1 is 1.13 bits per heavy atom. The fourth-order valence-electron chi connectivity index (χ4n) is 3.17. The topological polar surface area (TPSA) is 32.5 Å². The molecule has 2 N–H and O–H groups in total. The third-order valence-electron chi connectivity index (χ3n) is 4.19. The summed E-state index contributed by atoms with van der Waals surface area (Å²) in [6.45, 7) is 10.4. The lowest BCUT2D eigenvalue weighted by atomic mass is 9.91. The average molecular weight is 211 g/mol. The van der Waals surface area contributed by atoms with E-state index in [1.54, 1.807) is 0 Å². The van der Waals surface area contributed by atoms with Crippen LogP contribution in [0.4, 0.5) is 0 Å². The minimum atomic E-state index is 0.229. The number of rotatable bonds is 2. The van der Waals surface area contributed by atoms with E-state index >= 15 is 0 Å². The monoisotopic (exact) mass is 211 g/mol. The van der Waals surface area contributed by atoms with Crippen molar-refractivity contribution in [1.29, 1.82) is 0 Å². The molecule has 3 heteroatoms. The van der Waals surface area contributed by atoms with Gasteiger partial charge in [-0.3, -0.25) is 9.80 Å². The SMILES string of the molecule is CC(C)N1CCC2CCN(C(C)N)C2C1. The van der Waals surface area contributed by atoms with Crippen LogP contribution in [0.1, 0.15) is 33.6 Å². The number of fused-ring (bicyclic) bond motifs is 1. The van der Waals surface area contributed by atoms with E-state index in [2.05, 4.69) is 30.6 Å². The van der Waals surface area contributed by atoms with Crippen LogP contribution in [0, 0.1) is 5.92 Å². The van der Waals surface area contributed by atoms with E-state index in [9.17, 15) is 0 Å². The Labute approximate surface area is 93.6 Å². The molecule has 3 unspecified atom stereocenters. The van der Waals surface area contributed by atoms with Gasteiger partial charge in [0.25, 0.3) is 0 Å². The summed E-state index contributed by atoms with van der Waals surface area (Å²) in [5, 5.41) is 0. The Bertz CT molecular complexity index is 215. The molecule has 3 atom stereocenters. The van der Waals surface area contributed by atoms with Crippen LogP contribution in [0.15, 0.2) is 0 Å². The third-order valence-corrected chi connectivity index (χ3v) is 4.19. The first-order valence-corrected chi connectivity index (χ1v) is 6.35. The van der Waals surface area contributed by atoms with Gasteiger partial charge in [0.15, 0.2) is 0 Å². The number of piperidine rings is 1. The summed E-state index contributed by atoms with van der Waals surface area (Å²) >= 11 is 0. The normalized spacial score (nSPS) is 35.8. The molecule has 2 rings (SSSR count). The molecule has 2 aliphatic rings. The van der Waals surface area contributed by atoms with E-state index in [1.165, 1.54) is 32.5 Å². The molecular weight excluding hydrogens is 186 g/mol. The summed E-state index contributed by atoms with van der Waals surface area (Å²) in [7, 11) is 0. The first kappa shape index (κ1) is 11.4. The van der Waals surface area contributed by atoms with Gasteiger partial charge in [-0.2, -0.15) is 0 Å². The molecule has 0 aromatic rings. The molecule has 0 spiro atoms. The minimum Gasteiger partial charge on any atom is -0.316 e. The standard InChI is InChI=1S/C12H25N3/c1-9(2)14-6-4-11-5-7-15(10(3)13)12(11)8-14/h9-12H,4-8,13H2,1-3H3. The van der Waals surface area contributed by atoms with E-state index in [0.29, 0.717) is 6.04 Å². The second kappa shape index (κ2) is 4.40. The summed E-state index contributed by atoms with van der Waals surface area (Å²) in [4.78, 5) is 5.10. The second-order valence-electron chi connectivity index (χ2n) is 5.47. The third kappa shape index (κ3) is 2.19. The van der Waals surface area contributed by atoms with E-state index in [-0.39, 0.29) is 6.17 Å². The molecule has 3 nitrogen and oxygen atoms in total. The van der Waals surface area contributed by atoms with Crippen LogP contribution in [-0.2, 0) is 0 Å². The second-order valence-corrected chi connectivity index (χ2v) is 5.47. The van der Waals surface area contributed by atoms with Crippen LogP contribution in [0.5, 0.6) is 0 Å². The number of nitrogens with zero attached hydrogens (tertiary/aromatic N) is 2. The summed E-state index contributed by atoms with van der Waals surface area (Å²) in [5.74, 6) is 0.908. The highest BCUT2D eigenvalue weighted by atomic mass is 15.3.